The van der Waals surface area contributed by atoms with Gasteiger partial charge in [0, 0.05) is 32.2 Å². The molecule has 1 amide bonds. The molecule has 1 saturated carbocycles. The Hall–Kier alpha value is -2.25. The first-order valence-corrected chi connectivity index (χ1v) is 9.55. The summed E-state index contributed by atoms with van der Waals surface area (Å²) in [5.74, 6) is 0.565. The van der Waals surface area contributed by atoms with Crippen molar-refractivity contribution in [2.75, 3.05) is 19.8 Å². The average Bonchev–Trinajstić information content (AvgIpc) is 3.27. The van der Waals surface area contributed by atoms with E-state index < -0.39 is 0 Å². The number of nitrogens with zero attached hydrogens (tertiary/aromatic N) is 4. The van der Waals surface area contributed by atoms with Crippen molar-refractivity contribution in [2.45, 2.75) is 38.0 Å². The van der Waals surface area contributed by atoms with Gasteiger partial charge in [-0.3, -0.25) is 14.5 Å². The molecule has 1 aliphatic heterocycles. The van der Waals surface area contributed by atoms with Gasteiger partial charge in [0.05, 0.1) is 44.1 Å². The van der Waals surface area contributed by atoms with E-state index in [1.165, 1.54) is 0 Å². The van der Waals surface area contributed by atoms with Crippen molar-refractivity contribution >= 4 is 5.91 Å². The van der Waals surface area contributed by atoms with E-state index >= 15 is 0 Å². The number of aromatic nitrogens is 3. The normalized spacial score (nSPS) is 24.8. The van der Waals surface area contributed by atoms with Crippen LogP contribution in [0.5, 0.6) is 0 Å². The zero-order valence-corrected chi connectivity index (χ0v) is 15.7. The molecule has 3 heterocycles. The van der Waals surface area contributed by atoms with Crippen LogP contribution in [0.3, 0.4) is 0 Å². The molecule has 144 valence electrons. The zero-order valence-electron chi connectivity index (χ0n) is 15.7. The number of aryl methyl sites for hydroxylation is 1. The lowest BCUT2D eigenvalue weighted by Crippen LogP contribution is -2.51. The van der Waals surface area contributed by atoms with Crippen LogP contribution in [0.2, 0.25) is 0 Å². The van der Waals surface area contributed by atoms with Crippen LogP contribution in [0.1, 0.15) is 24.1 Å². The number of rotatable bonds is 6. The predicted molar refractivity (Wildman–Crippen MR) is 98.8 cm³/mol. The van der Waals surface area contributed by atoms with E-state index in [0.29, 0.717) is 38.7 Å². The molecule has 0 unspecified atom stereocenters. The Balaban J connectivity index is 1.30. The summed E-state index contributed by atoms with van der Waals surface area (Å²) in [5, 5.41) is 4.33. The van der Waals surface area contributed by atoms with Gasteiger partial charge < -0.3 is 14.4 Å². The topological polar surface area (TPSA) is 69.5 Å². The van der Waals surface area contributed by atoms with Gasteiger partial charge in [0.2, 0.25) is 5.91 Å². The van der Waals surface area contributed by atoms with Gasteiger partial charge in [0.15, 0.2) is 0 Å². The first-order chi connectivity index (χ1) is 13.2. The van der Waals surface area contributed by atoms with Gasteiger partial charge in [-0.1, -0.05) is 0 Å². The monoisotopic (exact) mass is 370 g/mol. The molecule has 7 heteroatoms. The van der Waals surface area contributed by atoms with Crippen molar-refractivity contribution in [1.82, 2.24) is 19.7 Å². The third kappa shape index (κ3) is 4.36. The maximum absolute atomic E-state index is 12.8. The molecule has 2 fully saturated rings. The molecule has 4 rings (SSSR count). The molecule has 0 N–H and O–H groups in total. The van der Waals surface area contributed by atoms with E-state index in [-0.39, 0.29) is 18.1 Å². The van der Waals surface area contributed by atoms with E-state index in [2.05, 4.69) is 10.1 Å². The Labute approximate surface area is 159 Å². The highest BCUT2D eigenvalue weighted by molar-refractivity contribution is 5.78. The minimum atomic E-state index is 0.126. The first kappa shape index (κ1) is 18.1. The van der Waals surface area contributed by atoms with Crippen LogP contribution in [0.25, 0.3) is 0 Å². The Morgan fingerprint density at radius 3 is 2.93 bits per heavy atom. The number of carbonyl (C=O) groups excluding carboxylic acids is 1. The van der Waals surface area contributed by atoms with Gasteiger partial charge in [-0.15, -0.1) is 0 Å². The summed E-state index contributed by atoms with van der Waals surface area (Å²) < 4.78 is 13.6. The molecule has 1 saturated heterocycles. The van der Waals surface area contributed by atoms with Crippen molar-refractivity contribution in [3.05, 3.63) is 48.0 Å². The summed E-state index contributed by atoms with van der Waals surface area (Å²) in [4.78, 5) is 18.8. The van der Waals surface area contributed by atoms with E-state index in [1.54, 1.807) is 17.1 Å². The van der Waals surface area contributed by atoms with Crippen LogP contribution < -0.4 is 0 Å². The summed E-state index contributed by atoms with van der Waals surface area (Å²) >= 11 is 0. The van der Waals surface area contributed by atoms with Crippen molar-refractivity contribution < 1.29 is 14.3 Å². The maximum atomic E-state index is 12.8. The van der Waals surface area contributed by atoms with Gasteiger partial charge in [-0.05, 0) is 42.5 Å². The largest absolute Gasteiger partial charge is 0.376 e. The summed E-state index contributed by atoms with van der Waals surface area (Å²) in [7, 11) is 1.87. The Bertz CT molecular complexity index is 764. The van der Waals surface area contributed by atoms with Crippen molar-refractivity contribution in [1.29, 1.82) is 0 Å². The minimum Gasteiger partial charge on any atom is -0.376 e. The lowest BCUT2D eigenvalue weighted by molar-refractivity contribution is -0.143. The summed E-state index contributed by atoms with van der Waals surface area (Å²) in [6.45, 7) is 2.57. The minimum absolute atomic E-state index is 0.126. The first-order valence-electron chi connectivity index (χ1n) is 9.55. The average molecular weight is 370 g/mol. The molecule has 3 atom stereocenters. The third-order valence-corrected chi connectivity index (χ3v) is 5.43. The Morgan fingerprint density at radius 1 is 1.30 bits per heavy atom. The highest BCUT2D eigenvalue weighted by atomic mass is 16.5. The van der Waals surface area contributed by atoms with Crippen LogP contribution in [-0.4, -0.2) is 57.5 Å². The van der Waals surface area contributed by atoms with Gasteiger partial charge in [-0.2, -0.15) is 5.10 Å². The molecule has 0 spiro atoms. The number of amides is 1. The van der Waals surface area contributed by atoms with Crippen molar-refractivity contribution in [2.24, 2.45) is 13.0 Å². The van der Waals surface area contributed by atoms with Crippen LogP contribution in [0, 0.1) is 5.92 Å². The van der Waals surface area contributed by atoms with E-state index in [9.17, 15) is 4.79 Å². The number of fused-ring (bicyclic) bond motifs is 1. The molecule has 0 bridgehead atoms. The second-order valence-electron chi connectivity index (χ2n) is 7.43. The lowest BCUT2D eigenvalue weighted by Gasteiger charge is -2.37. The number of pyridine rings is 1. The number of hydrogen-bond donors (Lipinski definition) is 0. The summed E-state index contributed by atoms with van der Waals surface area (Å²) in [6.07, 6.45) is 7.80. The second-order valence-corrected chi connectivity index (χ2v) is 7.43. The van der Waals surface area contributed by atoms with Crippen LogP contribution in [0.15, 0.2) is 36.8 Å². The van der Waals surface area contributed by atoms with E-state index in [4.69, 9.17) is 9.47 Å². The summed E-state index contributed by atoms with van der Waals surface area (Å²) in [5.41, 5.74) is 1.95. The predicted octanol–water partition coefficient (Wildman–Crippen LogP) is 1.58. The van der Waals surface area contributed by atoms with Crippen molar-refractivity contribution in [3.8, 4) is 0 Å². The van der Waals surface area contributed by atoms with E-state index in [1.807, 2.05) is 36.3 Å². The maximum Gasteiger partial charge on any atom is 0.229 e. The molecule has 27 heavy (non-hydrogen) atoms. The fourth-order valence-corrected chi connectivity index (χ4v) is 4.13. The lowest BCUT2D eigenvalue weighted by atomic mass is 10.1. The van der Waals surface area contributed by atoms with Gasteiger partial charge >= 0.3 is 0 Å². The Morgan fingerprint density at radius 2 is 2.15 bits per heavy atom. The van der Waals surface area contributed by atoms with Crippen LogP contribution >= 0.6 is 0 Å². The summed E-state index contributed by atoms with van der Waals surface area (Å²) in [6, 6.07) is 6.00. The van der Waals surface area contributed by atoms with Gasteiger partial charge in [0.25, 0.3) is 0 Å². The number of carbonyl (C=O) groups is 1. The fraction of sp³-hybridized carbons (Fsp3) is 0.550. The molecular weight excluding hydrogens is 344 g/mol. The Kier molecular flexibility index (Phi) is 5.50. The SMILES string of the molecule is Cn1ccc(CC(=O)N2CCO[C@@H]3C[C@H](COCc4ccncc4)C[C@H]32)n1. The van der Waals surface area contributed by atoms with Gasteiger partial charge in [-0.25, -0.2) is 0 Å². The van der Waals surface area contributed by atoms with Gasteiger partial charge in [0.1, 0.15) is 0 Å². The van der Waals surface area contributed by atoms with E-state index in [0.717, 1.165) is 24.1 Å². The second kappa shape index (κ2) is 8.19. The number of ether oxygens (including phenoxy) is 2. The third-order valence-electron chi connectivity index (χ3n) is 5.43. The molecule has 2 aliphatic rings. The fourth-order valence-electron chi connectivity index (χ4n) is 4.13. The zero-order chi connectivity index (χ0) is 18.6. The molecule has 1 aliphatic carbocycles. The standard InChI is InChI=1S/C20H26N4O3/c1-23-7-4-17(22-23)12-20(25)24-8-9-27-19-11-16(10-18(19)24)14-26-13-15-2-5-21-6-3-15/h2-7,16,18-19H,8-14H2,1H3/t16-,18-,19-/m1/s1. The molecule has 7 nitrogen and oxygen atoms in total. The quantitative estimate of drug-likeness (QED) is 0.772. The van der Waals surface area contributed by atoms with Crippen LogP contribution in [-0.2, 0) is 34.3 Å². The van der Waals surface area contributed by atoms with Crippen molar-refractivity contribution in [3.63, 3.8) is 0 Å². The molecular formula is C20H26N4O3. The smallest absolute Gasteiger partial charge is 0.229 e. The number of hydrogen-bond acceptors (Lipinski definition) is 5. The molecule has 2 aromatic heterocycles. The van der Waals surface area contributed by atoms with Crippen LogP contribution in [0.4, 0.5) is 0 Å². The molecule has 2 aromatic rings. The molecule has 0 aromatic carbocycles. The highest BCUT2D eigenvalue weighted by Gasteiger charge is 2.42. The number of morpholine rings is 1. The highest BCUT2D eigenvalue weighted by Crippen LogP contribution is 2.34. The molecule has 0 radical (unpaired) electrons.